The van der Waals surface area contributed by atoms with Crippen LogP contribution in [0.3, 0.4) is 0 Å². The molecule has 25 heavy (non-hydrogen) atoms. The molecular weight excluding hydrogens is 332 g/mol. The van der Waals surface area contributed by atoms with Gasteiger partial charge in [0.15, 0.2) is 24.0 Å². The summed E-state index contributed by atoms with van der Waals surface area (Å²) in [6.45, 7) is -0.130. The highest BCUT2D eigenvalue weighted by Crippen LogP contribution is 2.32. The number of fused-ring (bicyclic) bond motifs is 1. The van der Waals surface area contributed by atoms with Crippen LogP contribution in [0.4, 0.5) is 0 Å². The first-order valence-electron chi connectivity index (χ1n) is 7.27. The normalized spacial score (nSPS) is 11.8. The fraction of sp³-hybridized carbons (Fsp3) is 0.188. The van der Waals surface area contributed by atoms with Crippen molar-refractivity contribution in [2.24, 2.45) is 0 Å². The molecule has 0 atom stereocenters. The number of aromatic nitrogens is 1. The summed E-state index contributed by atoms with van der Waals surface area (Å²) >= 11 is 0. The van der Waals surface area contributed by atoms with Crippen molar-refractivity contribution in [3.05, 3.63) is 51.8 Å². The molecule has 9 nitrogen and oxygen atoms in total. The number of carbonyl (C=O) groups is 2. The molecule has 0 unspecified atom stereocenters. The van der Waals surface area contributed by atoms with Crippen LogP contribution in [0, 0.1) is 0 Å². The minimum Gasteiger partial charge on any atom is -0.494 e. The van der Waals surface area contributed by atoms with E-state index >= 15 is 0 Å². The number of hydrogen-bond donors (Lipinski definition) is 3. The van der Waals surface area contributed by atoms with E-state index in [0.717, 1.165) is 17.7 Å². The fourth-order valence-electron chi connectivity index (χ4n) is 2.16. The van der Waals surface area contributed by atoms with Gasteiger partial charge in [-0.3, -0.25) is 14.6 Å². The lowest BCUT2D eigenvalue weighted by atomic mass is 10.2. The summed E-state index contributed by atoms with van der Waals surface area (Å²) in [5, 5.41) is 11.8. The third-order valence-electron chi connectivity index (χ3n) is 3.33. The molecule has 130 valence electrons. The molecule has 2 aromatic rings. The van der Waals surface area contributed by atoms with Crippen molar-refractivity contribution < 1.29 is 28.9 Å². The summed E-state index contributed by atoms with van der Waals surface area (Å²) in [5.41, 5.74) is -0.00697. The first-order valence-corrected chi connectivity index (χ1v) is 7.27. The zero-order valence-electron chi connectivity index (χ0n) is 12.9. The minimum atomic E-state index is -0.889. The van der Waals surface area contributed by atoms with E-state index in [9.17, 15) is 19.5 Å². The van der Waals surface area contributed by atoms with Crippen LogP contribution in [0.1, 0.15) is 15.9 Å². The monoisotopic (exact) mass is 346 g/mol. The van der Waals surface area contributed by atoms with Gasteiger partial charge in [0.1, 0.15) is 0 Å². The van der Waals surface area contributed by atoms with Crippen LogP contribution >= 0.6 is 0 Å². The molecule has 1 aromatic carbocycles. The number of aromatic hydroxyl groups is 1. The van der Waals surface area contributed by atoms with E-state index in [0.29, 0.717) is 11.5 Å². The molecule has 1 aliphatic rings. The number of aromatic amines is 1. The van der Waals surface area contributed by atoms with Gasteiger partial charge in [-0.05, 0) is 17.7 Å². The Morgan fingerprint density at radius 1 is 1.20 bits per heavy atom. The SMILES string of the molecule is O=C(COC(=O)c1cc(O)[nH]c(=O)c1)NCc1ccc2c(c1)OCO2. The Labute approximate surface area is 141 Å². The molecule has 9 heteroatoms. The van der Waals surface area contributed by atoms with Crippen molar-refractivity contribution in [3.63, 3.8) is 0 Å². The average molecular weight is 346 g/mol. The minimum absolute atomic E-state index is 0.148. The number of pyridine rings is 1. The molecule has 0 saturated heterocycles. The summed E-state index contributed by atoms with van der Waals surface area (Å²) < 4.78 is 15.2. The summed E-state index contributed by atoms with van der Waals surface area (Å²) in [7, 11) is 0. The second-order valence-corrected chi connectivity index (χ2v) is 5.16. The number of carbonyl (C=O) groups excluding carboxylic acids is 2. The lowest BCUT2D eigenvalue weighted by Gasteiger charge is -2.07. The number of rotatable bonds is 5. The van der Waals surface area contributed by atoms with Crippen molar-refractivity contribution >= 4 is 11.9 Å². The van der Waals surface area contributed by atoms with Crippen LogP contribution < -0.4 is 20.3 Å². The quantitative estimate of drug-likeness (QED) is 0.664. The van der Waals surface area contributed by atoms with E-state index in [-0.39, 0.29) is 18.9 Å². The molecule has 0 aliphatic carbocycles. The van der Waals surface area contributed by atoms with Gasteiger partial charge in [-0.25, -0.2) is 4.79 Å². The smallest absolute Gasteiger partial charge is 0.339 e. The number of nitrogens with one attached hydrogen (secondary N) is 2. The lowest BCUT2D eigenvalue weighted by Crippen LogP contribution is -2.28. The van der Waals surface area contributed by atoms with Crippen LogP contribution in [0.15, 0.2) is 35.1 Å². The van der Waals surface area contributed by atoms with Crippen LogP contribution in [0.25, 0.3) is 0 Å². The van der Waals surface area contributed by atoms with Crippen LogP contribution in [0.5, 0.6) is 17.4 Å². The molecule has 3 N–H and O–H groups in total. The topological polar surface area (TPSA) is 127 Å². The second kappa shape index (κ2) is 6.95. The van der Waals surface area contributed by atoms with Crippen molar-refractivity contribution in [3.8, 4) is 17.4 Å². The average Bonchev–Trinajstić information content (AvgIpc) is 3.04. The molecular formula is C16H14N2O7. The standard InChI is InChI=1S/C16H14N2O7/c19-13-4-10(5-14(20)18-13)16(22)23-7-15(21)17-6-9-1-2-11-12(3-9)25-8-24-11/h1-5H,6-8H2,(H,17,21)(H2,18,19,20). The lowest BCUT2D eigenvalue weighted by molar-refractivity contribution is -0.124. The first-order chi connectivity index (χ1) is 12.0. The van der Waals surface area contributed by atoms with Gasteiger partial charge in [0.2, 0.25) is 6.79 Å². The van der Waals surface area contributed by atoms with Gasteiger partial charge >= 0.3 is 5.97 Å². The van der Waals surface area contributed by atoms with Crippen molar-refractivity contribution in [1.29, 1.82) is 0 Å². The number of esters is 1. The van der Waals surface area contributed by atoms with E-state index in [1.54, 1.807) is 18.2 Å². The molecule has 0 spiro atoms. The largest absolute Gasteiger partial charge is 0.494 e. The third kappa shape index (κ3) is 4.08. The summed E-state index contributed by atoms with van der Waals surface area (Å²) in [4.78, 5) is 36.8. The zero-order chi connectivity index (χ0) is 17.8. The number of amides is 1. The maximum Gasteiger partial charge on any atom is 0.339 e. The predicted octanol–water partition coefficient (Wildman–Crippen LogP) is 0.282. The zero-order valence-corrected chi connectivity index (χ0v) is 12.9. The van der Waals surface area contributed by atoms with Gasteiger partial charge < -0.3 is 24.6 Å². The Hall–Kier alpha value is -3.49. The first kappa shape index (κ1) is 16.4. The summed E-state index contributed by atoms with van der Waals surface area (Å²) in [6.07, 6.45) is 0. The molecule has 1 aromatic heterocycles. The van der Waals surface area contributed by atoms with Gasteiger partial charge in [0.05, 0.1) is 5.56 Å². The van der Waals surface area contributed by atoms with Crippen LogP contribution in [-0.4, -0.2) is 35.4 Å². The molecule has 2 heterocycles. The van der Waals surface area contributed by atoms with Gasteiger partial charge in [-0.1, -0.05) is 6.07 Å². The Morgan fingerprint density at radius 2 is 2.00 bits per heavy atom. The number of H-pyrrole nitrogens is 1. The molecule has 0 radical (unpaired) electrons. The highest BCUT2D eigenvalue weighted by atomic mass is 16.7. The van der Waals surface area contributed by atoms with E-state index in [1.165, 1.54) is 0 Å². The molecule has 3 rings (SSSR count). The van der Waals surface area contributed by atoms with E-state index in [2.05, 4.69) is 10.3 Å². The molecule has 0 bridgehead atoms. The fourth-order valence-corrected chi connectivity index (χ4v) is 2.16. The van der Waals surface area contributed by atoms with Crippen LogP contribution in [0.2, 0.25) is 0 Å². The van der Waals surface area contributed by atoms with Gasteiger partial charge in [0.25, 0.3) is 11.5 Å². The number of hydrogen-bond acceptors (Lipinski definition) is 7. The van der Waals surface area contributed by atoms with E-state index < -0.39 is 29.9 Å². The molecule has 1 amide bonds. The van der Waals surface area contributed by atoms with E-state index in [4.69, 9.17) is 14.2 Å². The predicted molar refractivity (Wildman–Crippen MR) is 83.4 cm³/mol. The van der Waals surface area contributed by atoms with Gasteiger partial charge in [0, 0.05) is 18.7 Å². The Kier molecular flexibility index (Phi) is 4.55. The van der Waals surface area contributed by atoms with Crippen LogP contribution in [-0.2, 0) is 16.1 Å². The highest BCUT2D eigenvalue weighted by molar-refractivity contribution is 5.91. The summed E-state index contributed by atoms with van der Waals surface area (Å²) in [6, 6.07) is 7.26. The maximum atomic E-state index is 11.8. The second-order valence-electron chi connectivity index (χ2n) is 5.16. The Morgan fingerprint density at radius 3 is 2.80 bits per heavy atom. The van der Waals surface area contributed by atoms with Crippen molar-refractivity contribution in [2.75, 3.05) is 13.4 Å². The van der Waals surface area contributed by atoms with Crippen molar-refractivity contribution in [2.45, 2.75) is 6.54 Å². The number of benzene rings is 1. The maximum absolute atomic E-state index is 11.8. The highest BCUT2D eigenvalue weighted by Gasteiger charge is 2.14. The molecule has 0 fully saturated rings. The Bertz CT molecular complexity index is 875. The van der Waals surface area contributed by atoms with E-state index in [1.807, 2.05) is 0 Å². The summed E-state index contributed by atoms with van der Waals surface area (Å²) in [5.74, 6) is -0.621. The number of ether oxygens (including phenoxy) is 3. The Balaban J connectivity index is 1.49. The molecule has 0 saturated carbocycles. The van der Waals surface area contributed by atoms with Gasteiger partial charge in [-0.15, -0.1) is 0 Å². The molecule has 1 aliphatic heterocycles. The van der Waals surface area contributed by atoms with Crippen molar-refractivity contribution in [1.82, 2.24) is 10.3 Å². The third-order valence-corrected chi connectivity index (χ3v) is 3.33. The van der Waals surface area contributed by atoms with Gasteiger partial charge in [-0.2, -0.15) is 0 Å².